The second-order valence-electron chi connectivity index (χ2n) is 5.65. The number of nitrogens with one attached hydrogen (secondary N) is 2. The zero-order valence-corrected chi connectivity index (χ0v) is 12.3. The fourth-order valence-corrected chi connectivity index (χ4v) is 2.61. The SMILES string of the molecule is Cc1cnccc1NC(=O)NC[C@H]1CCO[C@@H]1C(C)C. The maximum absolute atomic E-state index is 11.9. The summed E-state index contributed by atoms with van der Waals surface area (Å²) in [5.41, 5.74) is 1.74. The largest absolute Gasteiger partial charge is 0.378 e. The molecule has 1 saturated heterocycles. The van der Waals surface area contributed by atoms with Crippen molar-refractivity contribution < 1.29 is 9.53 Å². The molecule has 1 aromatic rings. The molecule has 110 valence electrons. The van der Waals surface area contributed by atoms with E-state index >= 15 is 0 Å². The van der Waals surface area contributed by atoms with E-state index in [-0.39, 0.29) is 12.1 Å². The molecule has 1 aromatic heterocycles. The minimum Gasteiger partial charge on any atom is -0.378 e. The van der Waals surface area contributed by atoms with Crippen LogP contribution in [0.5, 0.6) is 0 Å². The van der Waals surface area contributed by atoms with Gasteiger partial charge in [0, 0.05) is 37.2 Å². The van der Waals surface area contributed by atoms with E-state index in [2.05, 4.69) is 29.5 Å². The van der Waals surface area contributed by atoms with Gasteiger partial charge in [-0.2, -0.15) is 0 Å². The van der Waals surface area contributed by atoms with Gasteiger partial charge in [0.05, 0.1) is 6.10 Å². The second-order valence-corrected chi connectivity index (χ2v) is 5.65. The molecule has 1 aliphatic rings. The highest BCUT2D eigenvalue weighted by atomic mass is 16.5. The Morgan fingerprint density at radius 2 is 2.35 bits per heavy atom. The smallest absolute Gasteiger partial charge is 0.319 e. The minimum atomic E-state index is -0.172. The Balaban J connectivity index is 1.82. The summed E-state index contributed by atoms with van der Waals surface area (Å²) >= 11 is 0. The van der Waals surface area contributed by atoms with E-state index in [9.17, 15) is 4.79 Å². The molecule has 0 radical (unpaired) electrons. The first-order valence-electron chi connectivity index (χ1n) is 7.15. The molecule has 2 atom stereocenters. The third-order valence-corrected chi connectivity index (χ3v) is 3.71. The zero-order chi connectivity index (χ0) is 14.5. The van der Waals surface area contributed by atoms with E-state index in [1.54, 1.807) is 18.5 Å². The number of rotatable bonds is 4. The molecular weight excluding hydrogens is 254 g/mol. The third-order valence-electron chi connectivity index (χ3n) is 3.71. The maximum Gasteiger partial charge on any atom is 0.319 e. The summed E-state index contributed by atoms with van der Waals surface area (Å²) in [7, 11) is 0. The molecule has 0 aliphatic carbocycles. The van der Waals surface area contributed by atoms with Crippen LogP contribution in [0.25, 0.3) is 0 Å². The molecule has 2 amide bonds. The third kappa shape index (κ3) is 3.70. The Morgan fingerprint density at radius 1 is 1.55 bits per heavy atom. The first-order chi connectivity index (χ1) is 9.58. The Labute approximate surface area is 120 Å². The lowest BCUT2D eigenvalue weighted by Gasteiger charge is -2.22. The van der Waals surface area contributed by atoms with Crippen molar-refractivity contribution in [3.05, 3.63) is 24.0 Å². The molecule has 0 spiro atoms. The molecule has 2 N–H and O–H groups in total. The molecule has 0 aromatic carbocycles. The molecule has 5 heteroatoms. The van der Waals surface area contributed by atoms with Gasteiger partial charge >= 0.3 is 6.03 Å². The van der Waals surface area contributed by atoms with Gasteiger partial charge < -0.3 is 15.4 Å². The van der Waals surface area contributed by atoms with Gasteiger partial charge in [0.25, 0.3) is 0 Å². The molecule has 20 heavy (non-hydrogen) atoms. The van der Waals surface area contributed by atoms with E-state index in [4.69, 9.17) is 4.74 Å². The van der Waals surface area contributed by atoms with Crippen molar-refractivity contribution in [2.45, 2.75) is 33.3 Å². The van der Waals surface area contributed by atoms with Gasteiger partial charge in [0.1, 0.15) is 0 Å². The highest BCUT2D eigenvalue weighted by Gasteiger charge is 2.30. The number of urea groups is 1. The van der Waals surface area contributed by atoms with E-state index in [0.29, 0.717) is 18.4 Å². The van der Waals surface area contributed by atoms with Crippen LogP contribution in [-0.2, 0) is 4.74 Å². The molecular formula is C15H23N3O2. The van der Waals surface area contributed by atoms with Crippen molar-refractivity contribution >= 4 is 11.7 Å². The molecule has 0 saturated carbocycles. The molecule has 1 fully saturated rings. The average molecular weight is 277 g/mol. The van der Waals surface area contributed by atoms with Crippen molar-refractivity contribution in [3.63, 3.8) is 0 Å². The Bertz CT molecular complexity index is 462. The molecule has 2 heterocycles. The molecule has 0 bridgehead atoms. The van der Waals surface area contributed by atoms with Crippen LogP contribution in [-0.4, -0.2) is 30.3 Å². The van der Waals surface area contributed by atoms with Gasteiger partial charge in [-0.1, -0.05) is 13.8 Å². The van der Waals surface area contributed by atoms with Crippen molar-refractivity contribution in [2.24, 2.45) is 11.8 Å². The number of anilines is 1. The van der Waals surface area contributed by atoms with E-state index in [1.165, 1.54) is 0 Å². The summed E-state index contributed by atoms with van der Waals surface area (Å²) in [6, 6.07) is 1.62. The number of carbonyl (C=O) groups excluding carboxylic acids is 1. The van der Waals surface area contributed by atoms with Crippen molar-refractivity contribution in [1.29, 1.82) is 0 Å². The lowest BCUT2D eigenvalue weighted by Crippen LogP contribution is -2.37. The van der Waals surface area contributed by atoms with Crippen LogP contribution in [0.3, 0.4) is 0 Å². The Hall–Kier alpha value is -1.62. The average Bonchev–Trinajstić information content (AvgIpc) is 2.88. The second kappa shape index (κ2) is 6.70. The van der Waals surface area contributed by atoms with Gasteiger partial charge in [-0.05, 0) is 30.9 Å². The fraction of sp³-hybridized carbons (Fsp3) is 0.600. The Morgan fingerprint density at radius 3 is 3.05 bits per heavy atom. The number of carbonyl (C=O) groups is 1. The van der Waals surface area contributed by atoms with Crippen LogP contribution >= 0.6 is 0 Å². The summed E-state index contributed by atoms with van der Waals surface area (Å²) in [6.45, 7) is 7.67. The summed E-state index contributed by atoms with van der Waals surface area (Å²) in [5, 5.41) is 5.78. The van der Waals surface area contributed by atoms with Crippen LogP contribution in [0.2, 0.25) is 0 Å². The fourth-order valence-electron chi connectivity index (χ4n) is 2.61. The maximum atomic E-state index is 11.9. The van der Waals surface area contributed by atoms with Crippen LogP contribution in [0.15, 0.2) is 18.5 Å². The number of aryl methyl sites for hydroxylation is 1. The quantitative estimate of drug-likeness (QED) is 0.889. The summed E-state index contributed by atoms with van der Waals surface area (Å²) < 4.78 is 5.72. The monoisotopic (exact) mass is 277 g/mol. The molecule has 1 aliphatic heterocycles. The van der Waals surface area contributed by atoms with Crippen molar-refractivity contribution in [1.82, 2.24) is 10.3 Å². The highest BCUT2D eigenvalue weighted by Crippen LogP contribution is 2.26. The number of aromatic nitrogens is 1. The lowest BCUT2D eigenvalue weighted by atomic mass is 9.93. The minimum absolute atomic E-state index is 0.172. The normalized spacial score (nSPS) is 22.0. The molecule has 2 rings (SSSR count). The highest BCUT2D eigenvalue weighted by molar-refractivity contribution is 5.89. The number of hydrogen-bond acceptors (Lipinski definition) is 3. The molecule has 0 unspecified atom stereocenters. The number of pyridine rings is 1. The predicted octanol–water partition coefficient (Wildman–Crippen LogP) is 2.57. The molecule has 5 nitrogen and oxygen atoms in total. The van der Waals surface area contributed by atoms with E-state index < -0.39 is 0 Å². The van der Waals surface area contributed by atoms with Crippen LogP contribution in [0.4, 0.5) is 10.5 Å². The van der Waals surface area contributed by atoms with Gasteiger partial charge in [0.15, 0.2) is 0 Å². The van der Waals surface area contributed by atoms with Crippen molar-refractivity contribution in [3.8, 4) is 0 Å². The van der Waals surface area contributed by atoms with Crippen LogP contribution in [0, 0.1) is 18.8 Å². The zero-order valence-electron chi connectivity index (χ0n) is 12.3. The number of hydrogen-bond donors (Lipinski definition) is 2. The standard InChI is InChI=1S/C15H23N3O2/c1-10(2)14-12(5-7-20-14)9-17-15(19)18-13-4-6-16-8-11(13)3/h4,6,8,10,12,14H,5,7,9H2,1-3H3,(H2,16,17,18,19)/t12-,14-/m1/s1. The lowest BCUT2D eigenvalue weighted by molar-refractivity contribution is 0.0546. The first kappa shape index (κ1) is 14.8. The van der Waals surface area contributed by atoms with Gasteiger partial charge in [-0.15, -0.1) is 0 Å². The number of amides is 2. The Kier molecular flexibility index (Phi) is 4.95. The summed E-state index contributed by atoms with van der Waals surface area (Å²) in [4.78, 5) is 15.9. The summed E-state index contributed by atoms with van der Waals surface area (Å²) in [5.74, 6) is 0.883. The van der Waals surface area contributed by atoms with Crippen molar-refractivity contribution in [2.75, 3.05) is 18.5 Å². The van der Waals surface area contributed by atoms with E-state index in [0.717, 1.165) is 24.3 Å². The van der Waals surface area contributed by atoms with Gasteiger partial charge in [-0.25, -0.2) is 4.79 Å². The van der Waals surface area contributed by atoms with E-state index in [1.807, 2.05) is 6.92 Å². The van der Waals surface area contributed by atoms with Gasteiger partial charge in [-0.3, -0.25) is 4.98 Å². The predicted molar refractivity (Wildman–Crippen MR) is 78.7 cm³/mol. The van der Waals surface area contributed by atoms with Gasteiger partial charge in [0.2, 0.25) is 0 Å². The summed E-state index contributed by atoms with van der Waals surface area (Å²) in [6.07, 6.45) is 4.66. The van der Waals surface area contributed by atoms with Crippen LogP contribution < -0.4 is 10.6 Å². The topological polar surface area (TPSA) is 63.2 Å². The number of nitrogens with zero attached hydrogens (tertiary/aromatic N) is 1. The van der Waals surface area contributed by atoms with Crippen LogP contribution in [0.1, 0.15) is 25.8 Å². The first-order valence-corrected chi connectivity index (χ1v) is 7.15. The number of ether oxygens (including phenoxy) is 1.